The van der Waals surface area contributed by atoms with Gasteiger partial charge in [0.2, 0.25) is 0 Å². The van der Waals surface area contributed by atoms with Crippen LogP contribution in [0.1, 0.15) is 0 Å². The number of aromatic nitrogens is 2. The molecule has 14 heavy (non-hydrogen) atoms. The predicted octanol–water partition coefficient (Wildman–Crippen LogP) is 2.14. The van der Waals surface area contributed by atoms with E-state index in [1.807, 2.05) is 36.4 Å². The van der Waals surface area contributed by atoms with Crippen LogP contribution in [0.15, 0.2) is 48.8 Å². The Morgan fingerprint density at radius 2 is 1.14 bits per heavy atom. The average molecular weight is 449 g/mol. The first kappa shape index (κ1) is 13.6. The van der Waals surface area contributed by atoms with E-state index in [1.165, 1.54) is 0 Å². The molecule has 0 aliphatic heterocycles. The summed E-state index contributed by atoms with van der Waals surface area (Å²) < 4.78 is 0. The summed E-state index contributed by atoms with van der Waals surface area (Å²) in [6, 6.07) is 11.6. The minimum absolute atomic E-state index is 0. The first-order chi connectivity index (χ1) is 5.97. The Kier molecular flexibility index (Phi) is 6.73. The van der Waals surface area contributed by atoms with Crippen molar-refractivity contribution in [3.05, 3.63) is 48.8 Å². The van der Waals surface area contributed by atoms with Gasteiger partial charge in [-0.2, -0.15) is 0 Å². The zero-order valence-corrected chi connectivity index (χ0v) is 11.3. The third-order valence-electron chi connectivity index (χ3n) is 1.59. The smallest absolute Gasteiger partial charge is 0.0886 e. The van der Waals surface area contributed by atoms with Crippen molar-refractivity contribution in [3.63, 3.8) is 0 Å². The summed E-state index contributed by atoms with van der Waals surface area (Å²) in [7, 11) is 0. The molecule has 2 rings (SSSR count). The summed E-state index contributed by atoms with van der Waals surface area (Å²) in [6.45, 7) is 0. The summed E-state index contributed by atoms with van der Waals surface area (Å²) in [5.74, 6) is 0. The maximum Gasteiger partial charge on any atom is 0.0886 e. The van der Waals surface area contributed by atoms with Crippen LogP contribution in [-0.2, 0) is 39.6 Å². The van der Waals surface area contributed by atoms with Gasteiger partial charge in [-0.1, -0.05) is 12.1 Å². The van der Waals surface area contributed by atoms with Crippen molar-refractivity contribution in [1.29, 1.82) is 0 Å². The standard InChI is InChI=1S/C10H8N2.Ir.Ru/c1-3-7-11-9(5-1)10-6-2-4-8-12-10;;/h1-8H;;. The van der Waals surface area contributed by atoms with Crippen LogP contribution in [0.25, 0.3) is 11.4 Å². The van der Waals surface area contributed by atoms with Crippen LogP contribution in [0.4, 0.5) is 0 Å². The van der Waals surface area contributed by atoms with E-state index in [9.17, 15) is 0 Å². The van der Waals surface area contributed by atoms with Crippen LogP contribution in [-0.4, -0.2) is 9.97 Å². The molecule has 0 aromatic carbocycles. The van der Waals surface area contributed by atoms with Gasteiger partial charge in [0.25, 0.3) is 0 Å². The van der Waals surface area contributed by atoms with Crippen LogP contribution in [0.2, 0.25) is 0 Å². The number of rotatable bonds is 1. The molecule has 0 fully saturated rings. The topological polar surface area (TPSA) is 25.8 Å². The molecule has 0 N–H and O–H groups in total. The van der Waals surface area contributed by atoms with Gasteiger partial charge in [-0.15, -0.1) is 0 Å². The fourth-order valence-corrected chi connectivity index (χ4v) is 1.03. The first-order valence-corrected chi connectivity index (χ1v) is 3.79. The van der Waals surface area contributed by atoms with E-state index in [-0.39, 0.29) is 39.6 Å². The van der Waals surface area contributed by atoms with Crippen LogP contribution in [0.5, 0.6) is 0 Å². The molecule has 0 saturated carbocycles. The minimum Gasteiger partial charge on any atom is -0.255 e. The maximum atomic E-state index is 4.19. The molecule has 0 saturated heterocycles. The number of pyridine rings is 2. The monoisotopic (exact) mass is 451 g/mol. The van der Waals surface area contributed by atoms with Crippen LogP contribution in [0.3, 0.4) is 0 Å². The zero-order chi connectivity index (χ0) is 8.23. The van der Waals surface area contributed by atoms with Crippen molar-refractivity contribution in [1.82, 2.24) is 9.97 Å². The SMILES string of the molecule is [Ir].[Ru].c1ccc(-c2ccccn2)nc1. The second kappa shape index (κ2) is 6.94. The molecule has 1 radical (unpaired) electrons. The Morgan fingerprint density at radius 1 is 0.714 bits per heavy atom. The molecule has 2 aromatic heterocycles. The molecule has 0 spiro atoms. The van der Waals surface area contributed by atoms with Crippen LogP contribution in [0, 0.1) is 0 Å². The quantitative estimate of drug-likeness (QED) is 0.624. The van der Waals surface area contributed by atoms with Gasteiger partial charge in [-0.3, -0.25) is 9.97 Å². The predicted molar refractivity (Wildman–Crippen MR) is 47.5 cm³/mol. The van der Waals surface area contributed by atoms with Crippen molar-refractivity contribution in [3.8, 4) is 11.4 Å². The van der Waals surface area contributed by atoms with E-state index < -0.39 is 0 Å². The maximum absolute atomic E-state index is 4.19. The van der Waals surface area contributed by atoms with Gasteiger partial charge in [0.1, 0.15) is 0 Å². The van der Waals surface area contributed by atoms with Gasteiger partial charge in [0.05, 0.1) is 11.4 Å². The van der Waals surface area contributed by atoms with E-state index in [0.717, 1.165) is 11.4 Å². The first-order valence-electron chi connectivity index (χ1n) is 3.79. The van der Waals surface area contributed by atoms with Crippen molar-refractivity contribution in [2.45, 2.75) is 0 Å². The largest absolute Gasteiger partial charge is 0.255 e. The van der Waals surface area contributed by atoms with Gasteiger partial charge in [0.15, 0.2) is 0 Å². The fourth-order valence-electron chi connectivity index (χ4n) is 1.03. The molecule has 2 nitrogen and oxygen atoms in total. The number of hydrogen-bond acceptors (Lipinski definition) is 2. The second-order valence-electron chi connectivity index (χ2n) is 2.43. The molecule has 0 atom stereocenters. The van der Waals surface area contributed by atoms with Crippen LogP contribution < -0.4 is 0 Å². The van der Waals surface area contributed by atoms with Crippen LogP contribution >= 0.6 is 0 Å². The summed E-state index contributed by atoms with van der Waals surface area (Å²) in [4.78, 5) is 8.37. The van der Waals surface area contributed by atoms with Crippen molar-refractivity contribution in [2.24, 2.45) is 0 Å². The third kappa shape index (κ3) is 3.38. The molecule has 2 aromatic rings. The Hall–Kier alpha value is -0.427. The van der Waals surface area contributed by atoms with Gasteiger partial charge in [0, 0.05) is 52.0 Å². The summed E-state index contributed by atoms with van der Waals surface area (Å²) >= 11 is 0. The molecule has 0 amide bonds. The Morgan fingerprint density at radius 3 is 1.43 bits per heavy atom. The molecule has 4 heteroatoms. The Bertz CT molecular complexity index is 316. The van der Waals surface area contributed by atoms with Crippen molar-refractivity contribution >= 4 is 0 Å². The van der Waals surface area contributed by atoms with Crippen molar-refractivity contribution in [2.75, 3.05) is 0 Å². The summed E-state index contributed by atoms with van der Waals surface area (Å²) in [5.41, 5.74) is 1.83. The number of nitrogens with zero attached hydrogens (tertiary/aromatic N) is 2. The van der Waals surface area contributed by atoms with E-state index in [0.29, 0.717) is 0 Å². The Balaban J connectivity index is 0.000000845. The minimum atomic E-state index is 0. The van der Waals surface area contributed by atoms with E-state index >= 15 is 0 Å². The van der Waals surface area contributed by atoms with E-state index in [2.05, 4.69) is 9.97 Å². The van der Waals surface area contributed by atoms with Gasteiger partial charge in [-0.05, 0) is 24.3 Å². The fraction of sp³-hybridized carbons (Fsp3) is 0. The summed E-state index contributed by atoms with van der Waals surface area (Å²) in [6.07, 6.45) is 3.54. The van der Waals surface area contributed by atoms with Gasteiger partial charge >= 0.3 is 0 Å². The average Bonchev–Trinajstić information content (AvgIpc) is 2.21. The molecule has 2 heterocycles. The normalized spacial score (nSPS) is 8.29. The third-order valence-corrected chi connectivity index (χ3v) is 1.59. The Labute approximate surface area is 109 Å². The molecule has 0 bridgehead atoms. The van der Waals surface area contributed by atoms with E-state index in [4.69, 9.17) is 0 Å². The molecular weight excluding hydrogens is 441 g/mol. The zero-order valence-electron chi connectivity index (χ0n) is 7.20. The molecule has 0 unspecified atom stereocenters. The molecule has 75 valence electrons. The van der Waals surface area contributed by atoms with E-state index in [1.54, 1.807) is 12.4 Å². The molecule has 0 aliphatic carbocycles. The van der Waals surface area contributed by atoms with Gasteiger partial charge in [-0.25, -0.2) is 0 Å². The molecular formula is C10H8IrN2Ru. The molecule has 0 aliphatic rings. The number of hydrogen-bond donors (Lipinski definition) is 0. The summed E-state index contributed by atoms with van der Waals surface area (Å²) in [5, 5.41) is 0. The van der Waals surface area contributed by atoms with Gasteiger partial charge < -0.3 is 0 Å². The second-order valence-corrected chi connectivity index (χ2v) is 2.43. The van der Waals surface area contributed by atoms with Crippen molar-refractivity contribution < 1.29 is 39.6 Å².